The fraction of sp³-hybridized carbons (Fsp3) is 0.167. The summed E-state index contributed by atoms with van der Waals surface area (Å²) in [6, 6.07) is 18.7. The quantitative estimate of drug-likeness (QED) is 0.354. The van der Waals surface area contributed by atoms with E-state index in [9.17, 15) is 19.8 Å². The minimum Gasteiger partial charge on any atom is -0.505 e. The van der Waals surface area contributed by atoms with E-state index in [1.807, 2.05) is 24.3 Å². The largest absolute Gasteiger partial charge is 0.505 e. The highest BCUT2D eigenvalue weighted by molar-refractivity contribution is 6.16. The molecule has 0 fully saturated rings. The lowest BCUT2D eigenvalue weighted by atomic mass is 9.97. The van der Waals surface area contributed by atoms with E-state index in [1.165, 1.54) is 23.8 Å². The smallest absolute Gasteiger partial charge is 0.336 e. The first kappa shape index (κ1) is 20.1. The Balaban J connectivity index is 1.87. The molecule has 3 rings (SSSR count). The molecule has 0 bridgehead atoms. The Bertz CT molecular complexity index is 1030. The first-order valence-corrected chi connectivity index (χ1v) is 9.56. The van der Waals surface area contributed by atoms with Crippen molar-refractivity contribution < 1.29 is 19.8 Å². The molecule has 0 aliphatic carbocycles. The molecule has 0 aliphatic rings. The zero-order chi connectivity index (χ0) is 20.8. The van der Waals surface area contributed by atoms with Gasteiger partial charge in [0, 0.05) is 11.3 Å². The summed E-state index contributed by atoms with van der Waals surface area (Å²) in [5, 5.41) is 23.1. The van der Waals surface area contributed by atoms with Gasteiger partial charge in [-0.05, 0) is 48.7 Å². The number of aryl methyl sites for hydroxylation is 1. The van der Waals surface area contributed by atoms with E-state index in [0.29, 0.717) is 5.69 Å². The van der Waals surface area contributed by atoms with Gasteiger partial charge < -0.3 is 15.5 Å². The molecule has 3 N–H and O–H groups in total. The van der Waals surface area contributed by atoms with Crippen molar-refractivity contribution in [3.63, 3.8) is 0 Å². The molecule has 0 radical (unpaired) electrons. The number of carbonyl (C=O) groups excluding carboxylic acids is 1. The first-order chi connectivity index (χ1) is 14.0. The Morgan fingerprint density at radius 2 is 1.52 bits per heavy atom. The summed E-state index contributed by atoms with van der Waals surface area (Å²) in [6.07, 6.45) is 3.30. The van der Waals surface area contributed by atoms with Crippen LogP contribution in [-0.2, 0) is 6.42 Å². The van der Waals surface area contributed by atoms with Crippen LogP contribution in [0, 0.1) is 0 Å². The van der Waals surface area contributed by atoms with Crippen molar-refractivity contribution in [2.75, 3.05) is 5.32 Å². The molecule has 0 aromatic heterocycles. The molecule has 0 unspecified atom stereocenters. The lowest BCUT2D eigenvalue weighted by Gasteiger charge is -2.13. The summed E-state index contributed by atoms with van der Waals surface area (Å²) in [5.41, 5.74) is 2.39. The molecule has 0 spiro atoms. The monoisotopic (exact) mass is 389 g/mol. The molecule has 3 aromatic carbocycles. The minimum absolute atomic E-state index is 0.0349. The molecule has 0 atom stereocenters. The van der Waals surface area contributed by atoms with Gasteiger partial charge in [0.15, 0.2) is 5.78 Å². The number of phenols is 1. The number of nitrogens with one attached hydrogen (secondary N) is 1. The fourth-order valence-corrected chi connectivity index (χ4v) is 3.13. The van der Waals surface area contributed by atoms with E-state index >= 15 is 0 Å². The molecule has 5 heteroatoms. The van der Waals surface area contributed by atoms with Crippen molar-refractivity contribution in [3.05, 3.63) is 89.0 Å². The number of carboxylic acid groups (broad SMARTS) is 1. The van der Waals surface area contributed by atoms with Gasteiger partial charge in [0.25, 0.3) is 0 Å². The van der Waals surface area contributed by atoms with Crippen LogP contribution in [0.15, 0.2) is 66.7 Å². The lowest BCUT2D eigenvalue weighted by molar-refractivity contribution is 0.0692. The van der Waals surface area contributed by atoms with Crippen LogP contribution in [-0.4, -0.2) is 22.0 Å². The molecule has 29 heavy (non-hydrogen) atoms. The van der Waals surface area contributed by atoms with Crippen molar-refractivity contribution >= 4 is 23.1 Å². The highest BCUT2D eigenvalue weighted by Gasteiger charge is 2.21. The number of hydrogen-bond donors (Lipinski definition) is 3. The third kappa shape index (κ3) is 4.63. The lowest BCUT2D eigenvalue weighted by Crippen LogP contribution is -2.10. The van der Waals surface area contributed by atoms with Gasteiger partial charge in [-0.2, -0.15) is 0 Å². The number of anilines is 2. The average Bonchev–Trinajstić information content (AvgIpc) is 2.74. The van der Waals surface area contributed by atoms with Gasteiger partial charge >= 0.3 is 5.97 Å². The maximum absolute atomic E-state index is 12.9. The normalized spacial score (nSPS) is 10.5. The highest BCUT2D eigenvalue weighted by atomic mass is 16.4. The van der Waals surface area contributed by atoms with Gasteiger partial charge in [-0.3, -0.25) is 4.79 Å². The van der Waals surface area contributed by atoms with Crippen molar-refractivity contribution in [1.82, 2.24) is 0 Å². The summed E-state index contributed by atoms with van der Waals surface area (Å²) in [5.74, 6) is -1.95. The van der Waals surface area contributed by atoms with E-state index < -0.39 is 11.8 Å². The highest BCUT2D eigenvalue weighted by Crippen LogP contribution is 2.32. The van der Waals surface area contributed by atoms with Gasteiger partial charge in [-0.25, -0.2) is 4.79 Å². The topological polar surface area (TPSA) is 86.6 Å². The van der Waals surface area contributed by atoms with E-state index in [1.54, 1.807) is 24.3 Å². The second-order valence-electron chi connectivity index (χ2n) is 6.81. The molecule has 0 saturated carbocycles. The Morgan fingerprint density at radius 3 is 2.17 bits per heavy atom. The van der Waals surface area contributed by atoms with E-state index in [2.05, 4.69) is 12.2 Å². The number of carboxylic acids is 1. The molecule has 0 saturated heterocycles. The Morgan fingerprint density at radius 1 is 0.862 bits per heavy atom. The fourth-order valence-electron chi connectivity index (χ4n) is 3.13. The summed E-state index contributed by atoms with van der Waals surface area (Å²) in [4.78, 5) is 24.3. The number of ketones is 1. The zero-order valence-electron chi connectivity index (χ0n) is 16.2. The zero-order valence-corrected chi connectivity index (χ0v) is 16.2. The number of rotatable bonds is 8. The number of aromatic hydroxyl groups is 1. The predicted octanol–water partition coefficient (Wildman–Crippen LogP) is 5.41. The van der Waals surface area contributed by atoms with Gasteiger partial charge in [-0.1, -0.05) is 49.7 Å². The van der Waals surface area contributed by atoms with Gasteiger partial charge in [0.05, 0.1) is 16.8 Å². The van der Waals surface area contributed by atoms with Crippen molar-refractivity contribution in [2.45, 2.75) is 26.2 Å². The summed E-state index contributed by atoms with van der Waals surface area (Å²) in [7, 11) is 0. The van der Waals surface area contributed by atoms with Gasteiger partial charge in [-0.15, -0.1) is 0 Å². The average molecular weight is 389 g/mol. The second-order valence-corrected chi connectivity index (χ2v) is 6.81. The van der Waals surface area contributed by atoms with Crippen LogP contribution < -0.4 is 5.32 Å². The summed E-state index contributed by atoms with van der Waals surface area (Å²) < 4.78 is 0. The Labute approximate surface area is 169 Å². The van der Waals surface area contributed by atoms with Crippen molar-refractivity contribution in [2.24, 2.45) is 0 Å². The van der Waals surface area contributed by atoms with Crippen LogP contribution in [0.5, 0.6) is 5.75 Å². The number of para-hydroxylation sites is 1. The molecule has 0 aliphatic heterocycles. The number of carbonyl (C=O) groups is 2. The maximum atomic E-state index is 12.9. The Kier molecular flexibility index (Phi) is 6.29. The van der Waals surface area contributed by atoms with Crippen LogP contribution in [0.1, 0.15) is 51.6 Å². The molecule has 0 heterocycles. The molecule has 0 amide bonds. The number of unbranched alkanes of at least 4 members (excludes halogenated alkanes) is 1. The maximum Gasteiger partial charge on any atom is 0.336 e. The van der Waals surface area contributed by atoms with E-state index in [0.717, 1.165) is 24.9 Å². The standard InChI is InChI=1S/C24H23NO4/c1-2-3-7-16-12-14-17(15-13-16)25-21-11-6-10-20(23(21)27)22(26)18-8-4-5-9-19(18)24(28)29/h4-6,8-15,25,27H,2-3,7H2,1H3,(H,28,29). The third-order valence-electron chi connectivity index (χ3n) is 4.73. The number of hydrogen-bond acceptors (Lipinski definition) is 4. The number of phenolic OH excluding ortho intramolecular Hbond substituents is 1. The van der Waals surface area contributed by atoms with Crippen molar-refractivity contribution in [3.8, 4) is 5.75 Å². The molecular formula is C24H23NO4. The number of benzene rings is 3. The molecule has 148 valence electrons. The third-order valence-corrected chi connectivity index (χ3v) is 4.73. The summed E-state index contributed by atoms with van der Waals surface area (Å²) >= 11 is 0. The second kappa shape index (κ2) is 9.06. The number of aromatic carboxylic acids is 1. The van der Waals surface area contributed by atoms with E-state index in [4.69, 9.17) is 0 Å². The molecular weight excluding hydrogens is 366 g/mol. The van der Waals surface area contributed by atoms with Crippen molar-refractivity contribution in [1.29, 1.82) is 0 Å². The molecule has 5 nitrogen and oxygen atoms in total. The van der Waals surface area contributed by atoms with Crippen LogP contribution in [0.25, 0.3) is 0 Å². The first-order valence-electron chi connectivity index (χ1n) is 9.56. The Hall–Kier alpha value is -3.60. The van der Waals surface area contributed by atoms with Crippen LogP contribution in [0.3, 0.4) is 0 Å². The SMILES string of the molecule is CCCCc1ccc(Nc2cccc(C(=O)c3ccccc3C(=O)O)c2O)cc1. The van der Waals surface area contributed by atoms with Crippen LogP contribution >= 0.6 is 0 Å². The summed E-state index contributed by atoms with van der Waals surface area (Å²) in [6.45, 7) is 2.15. The van der Waals surface area contributed by atoms with Crippen LogP contribution in [0.2, 0.25) is 0 Å². The molecule has 3 aromatic rings. The minimum atomic E-state index is -1.19. The van der Waals surface area contributed by atoms with Crippen LogP contribution in [0.4, 0.5) is 11.4 Å². The van der Waals surface area contributed by atoms with Gasteiger partial charge in [0.2, 0.25) is 0 Å². The van der Waals surface area contributed by atoms with Gasteiger partial charge in [0.1, 0.15) is 5.75 Å². The predicted molar refractivity (Wildman–Crippen MR) is 113 cm³/mol. The van der Waals surface area contributed by atoms with E-state index in [-0.39, 0.29) is 22.4 Å².